The number of nitrogens with one attached hydrogen (secondary N) is 2. The third kappa shape index (κ3) is 3.51. The Bertz CT molecular complexity index is 927. The second-order valence-electron chi connectivity index (χ2n) is 6.11. The predicted octanol–water partition coefficient (Wildman–Crippen LogP) is 2.74. The Hall–Kier alpha value is -3.35. The topological polar surface area (TPSA) is 91.7 Å². The number of hydrogen-bond donors (Lipinski definition) is 2. The molecule has 2 aromatic rings. The number of benzene rings is 1. The third-order valence-corrected chi connectivity index (χ3v) is 4.06. The van der Waals surface area contributed by atoms with Crippen LogP contribution < -0.4 is 10.6 Å². The minimum atomic E-state index is -0.626. The fraction of sp³-hybridized carbons (Fsp3) is 0.211. The molecule has 0 atom stereocenters. The van der Waals surface area contributed by atoms with Crippen LogP contribution in [-0.4, -0.2) is 29.3 Å². The highest BCUT2D eigenvalue weighted by Gasteiger charge is 2.35. The fourth-order valence-corrected chi connectivity index (χ4v) is 2.71. The number of furan rings is 1. The van der Waals surface area contributed by atoms with Crippen molar-refractivity contribution in [3.8, 4) is 0 Å². The van der Waals surface area contributed by atoms with Gasteiger partial charge in [0.15, 0.2) is 0 Å². The van der Waals surface area contributed by atoms with Crippen LogP contribution >= 0.6 is 0 Å². The molecule has 7 heteroatoms. The van der Waals surface area contributed by atoms with E-state index >= 15 is 0 Å². The average Bonchev–Trinajstić information content (AvgIpc) is 3.03. The number of anilines is 1. The molecule has 1 aromatic heterocycles. The van der Waals surface area contributed by atoms with Crippen LogP contribution in [0.2, 0.25) is 0 Å². The van der Waals surface area contributed by atoms with E-state index in [0.717, 1.165) is 10.5 Å². The molecule has 0 saturated carbocycles. The highest BCUT2D eigenvalue weighted by molar-refractivity contribution is 6.16. The molecule has 0 radical (unpaired) electrons. The van der Waals surface area contributed by atoms with Crippen LogP contribution in [0.4, 0.5) is 10.5 Å². The molecule has 0 spiro atoms. The van der Waals surface area contributed by atoms with Gasteiger partial charge < -0.3 is 15.1 Å². The van der Waals surface area contributed by atoms with Crippen LogP contribution in [0, 0.1) is 20.8 Å². The predicted molar refractivity (Wildman–Crippen MR) is 96.2 cm³/mol. The molecular weight excluding hydrogens is 334 g/mol. The van der Waals surface area contributed by atoms with Gasteiger partial charge in [-0.3, -0.25) is 9.59 Å². The van der Waals surface area contributed by atoms with Crippen molar-refractivity contribution in [2.24, 2.45) is 0 Å². The number of rotatable bonds is 4. The van der Waals surface area contributed by atoms with Crippen molar-refractivity contribution in [1.82, 2.24) is 10.2 Å². The Labute approximate surface area is 150 Å². The van der Waals surface area contributed by atoms with Crippen LogP contribution in [0.3, 0.4) is 0 Å². The second-order valence-corrected chi connectivity index (χ2v) is 6.11. The summed E-state index contributed by atoms with van der Waals surface area (Å²) in [5.41, 5.74) is 2.36. The quantitative estimate of drug-likeness (QED) is 0.653. The van der Waals surface area contributed by atoms with Crippen LogP contribution in [0.15, 0.2) is 40.4 Å². The summed E-state index contributed by atoms with van der Waals surface area (Å²) >= 11 is 0. The second kappa shape index (κ2) is 6.87. The Balaban J connectivity index is 1.72. The zero-order valence-corrected chi connectivity index (χ0v) is 14.8. The summed E-state index contributed by atoms with van der Waals surface area (Å²) in [4.78, 5) is 37.6. The first-order valence-corrected chi connectivity index (χ1v) is 8.12. The van der Waals surface area contributed by atoms with Crippen molar-refractivity contribution in [3.63, 3.8) is 0 Å². The van der Waals surface area contributed by atoms with Crippen molar-refractivity contribution < 1.29 is 18.8 Å². The van der Waals surface area contributed by atoms with Gasteiger partial charge in [-0.2, -0.15) is 0 Å². The normalized spacial score (nSPS) is 15.5. The SMILES string of the molecule is Cc1cc(/C=C2\NC(=O)N(CC(=O)Nc3ccccc3C)C2=O)c(C)o1. The van der Waals surface area contributed by atoms with E-state index in [1.807, 2.05) is 19.1 Å². The summed E-state index contributed by atoms with van der Waals surface area (Å²) in [6.45, 7) is 5.07. The van der Waals surface area contributed by atoms with E-state index in [-0.39, 0.29) is 12.2 Å². The number of amides is 4. The van der Waals surface area contributed by atoms with Gasteiger partial charge in [-0.25, -0.2) is 9.69 Å². The molecule has 4 amide bonds. The molecule has 0 bridgehead atoms. The van der Waals surface area contributed by atoms with Crippen LogP contribution in [0.1, 0.15) is 22.6 Å². The van der Waals surface area contributed by atoms with E-state index < -0.39 is 17.8 Å². The van der Waals surface area contributed by atoms with E-state index in [0.29, 0.717) is 22.8 Å². The Kier molecular flexibility index (Phi) is 4.62. The van der Waals surface area contributed by atoms with Gasteiger partial charge in [0.2, 0.25) is 5.91 Å². The van der Waals surface area contributed by atoms with Gasteiger partial charge in [0, 0.05) is 11.3 Å². The fourth-order valence-electron chi connectivity index (χ4n) is 2.71. The first-order valence-electron chi connectivity index (χ1n) is 8.12. The van der Waals surface area contributed by atoms with Gasteiger partial charge in [0.1, 0.15) is 23.8 Å². The van der Waals surface area contributed by atoms with E-state index in [9.17, 15) is 14.4 Å². The van der Waals surface area contributed by atoms with E-state index in [2.05, 4.69) is 10.6 Å². The molecular formula is C19H19N3O4. The zero-order valence-electron chi connectivity index (χ0n) is 14.8. The van der Waals surface area contributed by atoms with Crippen molar-refractivity contribution >= 4 is 29.6 Å². The first-order chi connectivity index (χ1) is 12.3. The number of carbonyl (C=O) groups is 3. The number of nitrogens with zero attached hydrogens (tertiary/aromatic N) is 1. The van der Waals surface area contributed by atoms with Crippen molar-refractivity contribution in [3.05, 3.63) is 58.7 Å². The highest BCUT2D eigenvalue weighted by Crippen LogP contribution is 2.20. The van der Waals surface area contributed by atoms with Crippen molar-refractivity contribution in [2.45, 2.75) is 20.8 Å². The van der Waals surface area contributed by atoms with E-state index in [1.54, 1.807) is 38.1 Å². The van der Waals surface area contributed by atoms with Gasteiger partial charge in [-0.05, 0) is 44.5 Å². The minimum absolute atomic E-state index is 0.114. The van der Waals surface area contributed by atoms with Gasteiger partial charge in [0.05, 0.1) is 0 Å². The molecule has 0 aliphatic carbocycles. The summed E-state index contributed by atoms with van der Waals surface area (Å²) in [6, 6.07) is 8.42. The number of carbonyl (C=O) groups excluding carboxylic acids is 3. The molecule has 7 nitrogen and oxygen atoms in total. The van der Waals surface area contributed by atoms with Gasteiger partial charge in [-0.15, -0.1) is 0 Å². The Morgan fingerprint density at radius 1 is 1.23 bits per heavy atom. The first kappa shape index (κ1) is 17.5. The average molecular weight is 353 g/mol. The van der Waals surface area contributed by atoms with Gasteiger partial charge >= 0.3 is 6.03 Å². The van der Waals surface area contributed by atoms with Crippen molar-refractivity contribution in [2.75, 3.05) is 11.9 Å². The number of hydrogen-bond acceptors (Lipinski definition) is 4. The van der Waals surface area contributed by atoms with Gasteiger partial charge in [0.25, 0.3) is 5.91 Å². The maximum Gasteiger partial charge on any atom is 0.329 e. The van der Waals surface area contributed by atoms with Crippen LogP contribution in [0.5, 0.6) is 0 Å². The number of imide groups is 1. The summed E-state index contributed by atoms with van der Waals surface area (Å²) in [6.07, 6.45) is 1.55. The Morgan fingerprint density at radius 2 is 1.96 bits per heavy atom. The van der Waals surface area contributed by atoms with E-state index in [1.165, 1.54) is 0 Å². The molecule has 1 fully saturated rings. The van der Waals surface area contributed by atoms with Crippen LogP contribution in [0.25, 0.3) is 6.08 Å². The zero-order chi connectivity index (χ0) is 18.8. The summed E-state index contributed by atoms with van der Waals surface area (Å²) in [7, 11) is 0. The molecule has 3 rings (SSSR count). The molecule has 2 N–H and O–H groups in total. The molecule has 26 heavy (non-hydrogen) atoms. The summed E-state index contributed by atoms with van der Waals surface area (Å²) in [5, 5.41) is 5.20. The largest absolute Gasteiger partial charge is 0.466 e. The number of para-hydroxylation sites is 1. The third-order valence-electron chi connectivity index (χ3n) is 4.06. The molecule has 1 aromatic carbocycles. The number of aryl methyl sites for hydroxylation is 3. The lowest BCUT2D eigenvalue weighted by Gasteiger charge is -2.13. The van der Waals surface area contributed by atoms with Gasteiger partial charge in [-0.1, -0.05) is 18.2 Å². The van der Waals surface area contributed by atoms with Crippen LogP contribution in [-0.2, 0) is 9.59 Å². The number of urea groups is 1. The molecule has 134 valence electrons. The Morgan fingerprint density at radius 3 is 2.62 bits per heavy atom. The summed E-state index contributed by atoms with van der Waals surface area (Å²) in [5.74, 6) is 0.362. The molecule has 0 unspecified atom stereocenters. The lowest BCUT2D eigenvalue weighted by Crippen LogP contribution is -2.38. The lowest BCUT2D eigenvalue weighted by atomic mass is 10.2. The molecule has 2 heterocycles. The maximum atomic E-state index is 12.5. The smallest absolute Gasteiger partial charge is 0.329 e. The maximum absolute atomic E-state index is 12.5. The molecule has 1 aliphatic heterocycles. The highest BCUT2D eigenvalue weighted by atomic mass is 16.3. The molecule has 1 saturated heterocycles. The minimum Gasteiger partial charge on any atom is -0.466 e. The molecule has 1 aliphatic rings. The standard InChI is InChI=1S/C19H19N3O4/c1-11-6-4-5-7-15(11)20-17(23)10-22-18(24)16(21-19(22)25)9-14-8-12(2)26-13(14)3/h4-9H,10H2,1-3H3,(H,20,23)(H,21,25)/b16-9-. The van der Waals surface area contributed by atoms with Crippen molar-refractivity contribution in [1.29, 1.82) is 0 Å². The monoisotopic (exact) mass is 353 g/mol. The lowest BCUT2D eigenvalue weighted by molar-refractivity contribution is -0.127. The summed E-state index contributed by atoms with van der Waals surface area (Å²) < 4.78 is 5.41. The van der Waals surface area contributed by atoms with E-state index in [4.69, 9.17) is 4.42 Å².